The molecule has 4 nitrogen and oxygen atoms in total. The first-order valence-electron chi connectivity index (χ1n) is 11.4. The summed E-state index contributed by atoms with van der Waals surface area (Å²) in [5, 5.41) is 9.97. The van der Waals surface area contributed by atoms with Crippen molar-refractivity contribution in [1.82, 2.24) is 4.90 Å². The van der Waals surface area contributed by atoms with E-state index in [1.54, 1.807) is 0 Å². The molecular weight excluding hydrogens is 322 g/mol. The van der Waals surface area contributed by atoms with Crippen LogP contribution in [-0.2, 0) is 0 Å². The zero-order valence-corrected chi connectivity index (χ0v) is 17.4. The van der Waals surface area contributed by atoms with Crippen LogP contribution in [-0.4, -0.2) is 48.1 Å². The van der Waals surface area contributed by atoms with Gasteiger partial charge in [0.15, 0.2) is 0 Å². The molecular formula is C22H45N3O. The van der Waals surface area contributed by atoms with Crippen LogP contribution in [0.5, 0.6) is 0 Å². The van der Waals surface area contributed by atoms with E-state index in [2.05, 4.69) is 16.8 Å². The van der Waals surface area contributed by atoms with Gasteiger partial charge in [-0.25, -0.2) is 0 Å². The third-order valence-electron chi connectivity index (χ3n) is 5.51. The molecule has 154 valence electrons. The topological polar surface area (TPSA) is 61.9 Å². The molecule has 1 atom stereocenters. The van der Waals surface area contributed by atoms with Crippen molar-refractivity contribution in [2.75, 3.05) is 26.2 Å². The molecule has 0 amide bonds. The predicted molar refractivity (Wildman–Crippen MR) is 114 cm³/mol. The van der Waals surface area contributed by atoms with E-state index in [0.717, 1.165) is 45.4 Å². The molecule has 3 N–H and O–H groups in total. The van der Waals surface area contributed by atoms with Crippen LogP contribution in [0, 0.1) is 0 Å². The van der Waals surface area contributed by atoms with Gasteiger partial charge in [-0.15, -0.1) is 0 Å². The molecule has 1 aliphatic rings. The molecule has 0 saturated heterocycles. The lowest BCUT2D eigenvalue weighted by Crippen LogP contribution is -2.32. The van der Waals surface area contributed by atoms with Gasteiger partial charge < -0.3 is 15.7 Å². The Bertz CT molecular complexity index is 346. The lowest BCUT2D eigenvalue weighted by atomic mass is 10.0. The Morgan fingerprint density at radius 1 is 0.923 bits per heavy atom. The largest absolute Gasteiger partial charge is 0.393 e. The summed E-state index contributed by atoms with van der Waals surface area (Å²) in [6, 6.07) is 0. The summed E-state index contributed by atoms with van der Waals surface area (Å²) in [5.41, 5.74) is 5.65. The number of hydrogen-bond acceptors (Lipinski definition) is 4. The number of rotatable bonds is 18. The molecule has 1 rings (SSSR count). The highest BCUT2D eigenvalue weighted by Gasteiger charge is 2.14. The van der Waals surface area contributed by atoms with Gasteiger partial charge in [0.05, 0.1) is 18.5 Å². The molecule has 1 aliphatic heterocycles. The average Bonchev–Trinajstić information content (AvgIpc) is 3.08. The second-order valence-electron chi connectivity index (χ2n) is 7.94. The quantitative estimate of drug-likeness (QED) is 0.339. The molecule has 26 heavy (non-hydrogen) atoms. The van der Waals surface area contributed by atoms with E-state index in [1.807, 2.05) is 0 Å². The highest BCUT2D eigenvalue weighted by molar-refractivity contribution is 5.83. The number of nitrogens with two attached hydrogens (primary N) is 1. The number of aliphatic hydroxyl groups is 1. The Labute approximate surface area is 162 Å². The zero-order valence-electron chi connectivity index (χ0n) is 17.4. The van der Waals surface area contributed by atoms with Crippen LogP contribution in [0.4, 0.5) is 0 Å². The Kier molecular flexibility index (Phi) is 14.9. The molecule has 0 bridgehead atoms. The second-order valence-corrected chi connectivity index (χ2v) is 7.94. The van der Waals surface area contributed by atoms with Gasteiger partial charge in [-0.2, -0.15) is 0 Å². The molecule has 0 radical (unpaired) electrons. The van der Waals surface area contributed by atoms with Crippen molar-refractivity contribution in [1.29, 1.82) is 0 Å². The molecule has 0 aromatic rings. The monoisotopic (exact) mass is 367 g/mol. The molecule has 4 heteroatoms. The van der Waals surface area contributed by atoms with E-state index in [0.29, 0.717) is 0 Å². The maximum atomic E-state index is 9.97. The normalized spacial score (nSPS) is 15.5. The van der Waals surface area contributed by atoms with Crippen molar-refractivity contribution >= 4 is 5.84 Å². The fourth-order valence-corrected chi connectivity index (χ4v) is 3.84. The molecule has 0 fully saturated rings. The molecule has 1 heterocycles. The fourth-order valence-electron chi connectivity index (χ4n) is 3.84. The third kappa shape index (κ3) is 11.9. The van der Waals surface area contributed by atoms with E-state index in [1.165, 1.54) is 82.9 Å². The lowest BCUT2D eigenvalue weighted by molar-refractivity contribution is 0.147. The fraction of sp³-hybridized carbons (Fsp3) is 0.955. The zero-order chi connectivity index (χ0) is 18.9. The molecule has 0 spiro atoms. The highest BCUT2D eigenvalue weighted by atomic mass is 16.3. The first kappa shape index (κ1) is 23.4. The standard InChI is InChI=1S/C22H45N3O/c1-2-3-4-11-14-21(26)15-12-9-7-5-6-8-10-13-16-22-24-18-20-25(22)19-17-23/h21,26H,2-20,23H2,1H3. The van der Waals surface area contributed by atoms with Gasteiger partial charge in [0.1, 0.15) is 0 Å². The van der Waals surface area contributed by atoms with Crippen molar-refractivity contribution in [3.63, 3.8) is 0 Å². The molecule has 0 aliphatic carbocycles. The number of aliphatic hydroxyl groups excluding tert-OH is 1. The molecule has 0 aromatic heterocycles. The minimum Gasteiger partial charge on any atom is -0.393 e. The minimum atomic E-state index is -0.0517. The van der Waals surface area contributed by atoms with Crippen molar-refractivity contribution in [3.8, 4) is 0 Å². The number of aliphatic imine (C=N–C) groups is 1. The predicted octanol–water partition coefficient (Wildman–Crippen LogP) is 4.89. The molecule has 1 unspecified atom stereocenters. The smallest absolute Gasteiger partial charge is 0.0990 e. The maximum Gasteiger partial charge on any atom is 0.0990 e. The maximum absolute atomic E-state index is 9.97. The molecule has 0 saturated carbocycles. The summed E-state index contributed by atoms with van der Waals surface area (Å²) >= 11 is 0. The third-order valence-corrected chi connectivity index (χ3v) is 5.51. The Hall–Kier alpha value is -0.610. The van der Waals surface area contributed by atoms with Crippen molar-refractivity contribution in [2.24, 2.45) is 10.7 Å². The van der Waals surface area contributed by atoms with Crippen LogP contribution < -0.4 is 5.73 Å². The summed E-state index contributed by atoms with van der Waals surface area (Å²) in [7, 11) is 0. The Morgan fingerprint density at radius 2 is 1.50 bits per heavy atom. The second kappa shape index (κ2) is 16.6. The van der Waals surface area contributed by atoms with Crippen molar-refractivity contribution in [2.45, 2.75) is 109 Å². The number of nitrogens with zero attached hydrogens (tertiary/aromatic N) is 2. The van der Waals surface area contributed by atoms with Crippen LogP contribution in [0.15, 0.2) is 4.99 Å². The van der Waals surface area contributed by atoms with Crippen molar-refractivity contribution in [3.05, 3.63) is 0 Å². The summed E-state index contributed by atoms with van der Waals surface area (Å²) in [6.07, 6.45) is 18.7. The van der Waals surface area contributed by atoms with Gasteiger partial charge in [-0.3, -0.25) is 4.99 Å². The highest BCUT2D eigenvalue weighted by Crippen LogP contribution is 2.15. The summed E-state index contributed by atoms with van der Waals surface area (Å²) in [4.78, 5) is 6.97. The van der Waals surface area contributed by atoms with Gasteiger partial charge >= 0.3 is 0 Å². The van der Waals surface area contributed by atoms with E-state index in [9.17, 15) is 5.11 Å². The van der Waals surface area contributed by atoms with Gasteiger partial charge in [0.2, 0.25) is 0 Å². The number of amidine groups is 1. The summed E-state index contributed by atoms with van der Waals surface area (Å²) in [6.45, 7) is 5.96. The van der Waals surface area contributed by atoms with E-state index >= 15 is 0 Å². The number of unbranched alkanes of at least 4 members (excludes halogenated alkanes) is 10. The van der Waals surface area contributed by atoms with Crippen LogP contribution in [0.1, 0.15) is 103 Å². The minimum absolute atomic E-state index is 0.0517. The van der Waals surface area contributed by atoms with Gasteiger partial charge in [0, 0.05) is 26.1 Å². The summed E-state index contributed by atoms with van der Waals surface area (Å²) < 4.78 is 0. The Morgan fingerprint density at radius 3 is 2.12 bits per heavy atom. The van der Waals surface area contributed by atoms with Gasteiger partial charge in [-0.05, 0) is 19.3 Å². The van der Waals surface area contributed by atoms with Crippen LogP contribution in [0.3, 0.4) is 0 Å². The van der Waals surface area contributed by atoms with E-state index in [-0.39, 0.29) is 6.10 Å². The summed E-state index contributed by atoms with van der Waals surface area (Å²) in [5.74, 6) is 1.30. The lowest BCUT2D eigenvalue weighted by Gasteiger charge is -2.19. The van der Waals surface area contributed by atoms with Crippen molar-refractivity contribution < 1.29 is 5.11 Å². The van der Waals surface area contributed by atoms with E-state index < -0.39 is 0 Å². The SMILES string of the molecule is CCCCCCC(O)CCCCCCCCCCC1=NCCN1CCN. The van der Waals surface area contributed by atoms with Gasteiger partial charge in [0.25, 0.3) is 0 Å². The van der Waals surface area contributed by atoms with Crippen LogP contribution in [0.2, 0.25) is 0 Å². The first-order valence-corrected chi connectivity index (χ1v) is 11.4. The average molecular weight is 368 g/mol. The van der Waals surface area contributed by atoms with Crippen LogP contribution in [0.25, 0.3) is 0 Å². The van der Waals surface area contributed by atoms with Crippen LogP contribution >= 0.6 is 0 Å². The first-order chi connectivity index (χ1) is 12.8. The van der Waals surface area contributed by atoms with E-state index in [4.69, 9.17) is 5.73 Å². The number of hydrogen-bond donors (Lipinski definition) is 2. The van der Waals surface area contributed by atoms with Gasteiger partial charge in [-0.1, -0.05) is 77.6 Å². The Balaban J connectivity index is 1.82. The molecule has 0 aromatic carbocycles.